The van der Waals surface area contributed by atoms with Crippen LogP contribution in [-0.2, 0) is 16.6 Å². The van der Waals surface area contributed by atoms with Crippen molar-refractivity contribution in [2.75, 3.05) is 30.7 Å². The molecule has 0 spiro atoms. The molecule has 108 valence electrons. The molecule has 1 aromatic carbocycles. The van der Waals surface area contributed by atoms with Gasteiger partial charge in [0, 0.05) is 13.6 Å². The Kier molecular flexibility index (Phi) is 5.82. The highest BCUT2D eigenvalue weighted by Gasteiger charge is 2.12. The van der Waals surface area contributed by atoms with Crippen LogP contribution in [0.15, 0.2) is 24.3 Å². The zero-order valence-electron chi connectivity index (χ0n) is 12.3. The van der Waals surface area contributed by atoms with Crippen LogP contribution in [0.2, 0.25) is 0 Å². The molecule has 0 saturated carbocycles. The summed E-state index contributed by atoms with van der Waals surface area (Å²) < 4.78 is 24.4. The maximum atomic E-state index is 11.5. The van der Waals surface area contributed by atoms with E-state index in [-0.39, 0.29) is 0 Å². The largest absolute Gasteiger partial charge is 0.299 e. The van der Waals surface area contributed by atoms with Gasteiger partial charge < -0.3 is 0 Å². The Labute approximate surface area is 117 Å². The summed E-state index contributed by atoms with van der Waals surface area (Å²) in [4.78, 5) is 2.35. The quantitative estimate of drug-likeness (QED) is 0.771. The van der Waals surface area contributed by atoms with E-state index in [0.717, 1.165) is 31.6 Å². The fraction of sp³-hybridized carbons (Fsp3) is 0.571. The summed E-state index contributed by atoms with van der Waals surface area (Å²) >= 11 is 0. The maximum absolute atomic E-state index is 11.5. The molecule has 0 radical (unpaired) electrons. The van der Waals surface area contributed by atoms with Crippen molar-refractivity contribution in [2.45, 2.75) is 26.8 Å². The van der Waals surface area contributed by atoms with Crippen LogP contribution >= 0.6 is 0 Å². The predicted molar refractivity (Wildman–Crippen MR) is 80.9 cm³/mol. The van der Waals surface area contributed by atoms with Crippen molar-refractivity contribution in [1.29, 1.82) is 0 Å². The molecule has 0 amide bonds. The molecule has 0 aromatic heterocycles. The Balaban J connectivity index is 2.88. The maximum Gasteiger partial charge on any atom is 0.231 e. The first-order valence-corrected chi connectivity index (χ1v) is 8.48. The van der Waals surface area contributed by atoms with Gasteiger partial charge in [-0.1, -0.05) is 26.0 Å². The zero-order chi connectivity index (χ0) is 14.5. The third kappa shape index (κ3) is 4.84. The molecule has 1 rings (SSSR count). The van der Waals surface area contributed by atoms with Gasteiger partial charge in [-0.25, -0.2) is 8.42 Å². The summed E-state index contributed by atoms with van der Waals surface area (Å²) in [5, 5.41) is 0. The van der Waals surface area contributed by atoms with E-state index in [1.165, 1.54) is 10.6 Å². The topological polar surface area (TPSA) is 40.6 Å². The molecular formula is C14H24N2O2S. The predicted octanol–water partition coefficient (Wildman–Crippen LogP) is 2.31. The lowest BCUT2D eigenvalue weighted by Gasteiger charge is -2.21. The van der Waals surface area contributed by atoms with E-state index in [2.05, 4.69) is 18.7 Å². The van der Waals surface area contributed by atoms with Gasteiger partial charge in [-0.3, -0.25) is 9.21 Å². The smallest absolute Gasteiger partial charge is 0.231 e. The van der Waals surface area contributed by atoms with E-state index in [4.69, 9.17) is 0 Å². The van der Waals surface area contributed by atoms with Crippen LogP contribution in [0.1, 0.15) is 25.8 Å². The molecule has 0 atom stereocenters. The third-order valence-electron chi connectivity index (χ3n) is 3.16. The van der Waals surface area contributed by atoms with Crippen molar-refractivity contribution in [3.63, 3.8) is 0 Å². The lowest BCUT2D eigenvalue weighted by Crippen LogP contribution is -2.26. The molecule has 0 fully saturated rings. The average molecular weight is 284 g/mol. The molecule has 19 heavy (non-hydrogen) atoms. The minimum absolute atomic E-state index is 0.715. The van der Waals surface area contributed by atoms with Crippen LogP contribution in [-0.4, -0.2) is 39.7 Å². The normalized spacial score (nSPS) is 11.8. The van der Waals surface area contributed by atoms with Crippen molar-refractivity contribution in [3.8, 4) is 0 Å². The van der Waals surface area contributed by atoms with Crippen molar-refractivity contribution in [2.24, 2.45) is 0 Å². The van der Waals surface area contributed by atoms with E-state index in [1.807, 2.05) is 24.3 Å². The monoisotopic (exact) mass is 284 g/mol. The second-order valence-corrected chi connectivity index (χ2v) is 6.78. The van der Waals surface area contributed by atoms with Crippen LogP contribution in [0.3, 0.4) is 0 Å². The highest BCUT2D eigenvalue weighted by molar-refractivity contribution is 7.92. The van der Waals surface area contributed by atoms with Crippen LogP contribution < -0.4 is 4.31 Å². The van der Waals surface area contributed by atoms with E-state index in [0.29, 0.717) is 5.69 Å². The molecule has 4 nitrogen and oxygen atoms in total. The molecular weight excluding hydrogens is 260 g/mol. The van der Waals surface area contributed by atoms with Gasteiger partial charge in [0.05, 0.1) is 11.9 Å². The number of rotatable bonds is 7. The van der Waals surface area contributed by atoms with Crippen molar-refractivity contribution >= 4 is 15.7 Å². The van der Waals surface area contributed by atoms with Crippen molar-refractivity contribution < 1.29 is 8.42 Å². The first kappa shape index (κ1) is 16.0. The molecule has 1 aromatic rings. The number of nitrogens with zero attached hydrogens (tertiary/aromatic N) is 2. The van der Waals surface area contributed by atoms with Gasteiger partial charge >= 0.3 is 0 Å². The highest BCUT2D eigenvalue weighted by atomic mass is 32.2. The lowest BCUT2D eigenvalue weighted by atomic mass is 10.2. The van der Waals surface area contributed by atoms with Crippen LogP contribution in [0, 0.1) is 0 Å². The summed E-state index contributed by atoms with van der Waals surface area (Å²) in [5.74, 6) is 0. The molecule has 0 N–H and O–H groups in total. The van der Waals surface area contributed by atoms with Crippen LogP contribution in [0.25, 0.3) is 0 Å². The molecule has 0 unspecified atom stereocenters. The number of benzene rings is 1. The van der Waals surface area contributed by atoms with Crippen molar-refractivity contribution in [3.05, 3.63) is 29.8 Å². The highest BCUT2D eigenvalue weighted by Crippen LogP contribution is 2.18. The Morgan fingerprint density at radius 3 is 2.42 bits per heavy atom. The van der Waals surface area contributed by atoms with Gasteiger partial charge in [-0.2, -0.15) is 0 Å². The van der Waals surface area contributed by atoms with Crippen LogP contribution in [0.4, 0.5) is 5.69 Å². The van der Waals surface area contributed by atoms with E-state index in [1.54, 1.807) is 7.05 Å². The van der Waals surface area contributed by atoms with Gasteiger partial charge in [0.2, 0.25) is 10.0 Å². The minimum atomic E-state index is -3.20. The summed E-state index contributed by atoms with van der Waals surface area (Å²) in [6.07, 6.45) is 2.34. The Bertz CT molecular complexity index is 500. The SMILES string of the molecule is CCCN(CC)Cc1cccc(N(C)S(C)(=O)=O)c1. The number of anilines is 1. The Morgan fingerprint density at radius 2 is 1.89 bits per heavy atom. The average Bonchev–Trinajstić information content (AvgIpc) is 2.36. The van der Waals surface area contributed by atoms with Crippen molar-refractivity contribution in [1.82, 2.24) is 4.90 Å². The zero-order valence-corrected chi connectivity index (χ0v) is 13.1. The fourth-order valence-corrected chi connectivity index (χ4v) is 2.46. The first-order chi connectivity index (χ1) is 8.88. The fourth-order valence-electron chi connectivity index (χ4n) is 1.97. The number of hydrogen-bond acceptors (Lipinski definition) is 3. The Morgan fingerprint density at radius 1 is 1.21 bits per heavy atom. The second-order valence-electron chi connectivity index (χ2n) is 4.77. The summed E-state index contributed by atoms with van der Waals surface area (Å²) in [6.45, 7) is 7.22. The van der Waals surface area contributed by atoms with Crippen LogP contribution in [0.5, 0.6) is 0 Å². The number of sulfonamides is 1. The minimum Gasteiger partial charge on any atom is -0.299 e. The summed E-state index contributed by atoms with van der Waals surface area (Å²) in [6, 6.07) is 7.71. The third-order valence-corrected chi connectivity index (χ3v) is 4.37. The van der Waals surface area contributed by atoms with Gasteiger partial charge in [0.25, 0.3) is 0 Å². The van der Waals surface area contributed by atoms with Gasteiger partial charge in [-0.15, -0.1) is 0 Å². The molecule has 0 saturated heterocycles. The standard InChI is InChI=1S/C14H24N2O2S/c1-5-10-16(6-2)12-13-8-7-9-14(11-13)15(3)19(4,17)18/h7-9,11H,5-6,10,12H2,1-4H3. The second kappa shape index (κ2) is 6.91. The number of hydrogen-bond donors (Lipinski definition) is 0. The Hall–Kier alpha value is -1.07. The summed E-state index contributed by atoms with van der Waals surface area (Å²) in [5.41, 5.74) is 1.86. The van der Waals surface area contributed by atoms with E-state index < -0.39 is 10.0 Å². The lowest BCUT2D eigenvalue weighted by molar-refractivity contribution is 0.280. The van der Waals surface area contributed by atoms with Gasteiger partial charge in [-0.05, 0) is 37.2 Å². The molecule has 0 aliphatic carbocycles. The van der Waals surface area contributed by atoms with E-state index >= 15 is 0 Å². The molecule has 0 aliphatic rings. The molecule has 5 heteroatoms. The van der Waals surface area contributed by atoms with E-state index in [9.17, 15) is 8.42 Å². The first-order valence-electron chi connectivity index (χ1n) is 6.63. The van der Waals surface area contributed by atoms with Gasteiger partial charge in [0.1, 0.15) is 0 Å². The van der Waals surface area contributed by atoms with Gasteiger partial charge in [0.15, 0.2) is 0 Å². The molecule has 0 bridgehead atoms. The molecule has 0 aliphatic heterocycles. The summed E-state index contributed by atoms with van der Waals surface area (Å²) in [7, 11) is -1.62. The molecule has 0 heterocycles.